The molecule has 2 fully saturated rings. The molecular formula is C54H66BN5O14. The maximum absolute atomic E-state index is 14.2. The lowest BCUT2D eigenvalue weighted by atomic mass is 9.82. The van der Waals surface area contributed by atoms with E-state index in [9.17, 15) is 44.0 Å². The molecule has 0 saturated carbocycles. The van der Waals surface area contributed by atoms with E-state index in [-0.39, 0.29) is 110 Å². The van der Waals surface area contributed by atoms with Crippen LogP contribution in [0.25, 0.3) is 0 Å². The average molecular weight is 1020 g/mol. The normalized spacial score (nSPS) is 19.9. The number of amides is 4. The van der Waals surface area contributed by atoms with E-state index in [1.165, 1.54) is 41.9 Å². The van der Waals surface area contributed by atoms with Gasteiger partial charge >= 0.3 is 19.1 Å². The van der Waals surface area contributed by atoms with Crippen molar-refractivity contribution in [2.45, 2.75) is 104 Å². The van der Waals surface area contributed by atoms with Gasteiger partial charge in [0, 0.05) is 43.8 Å². The molecule has 4 aliphatic heterocycles. The molecule has 4 amide bonds. The molecule has 2 saturated heterocycles. The number of carbonyl (C=O) groups is 6. The van der Waals surface area contributed by atoms with Crippen molar-refractivity contribution in [1.29, 1.82) is 0 Å². The van der Waals surface area contributed by atoms with E-state index < -0.39 is 67.4 Å². The first-order valence-electron chi connectivity index (χ1n) is 24.8. The third kappa shape index (κ3) is 11.8. The van der Waals surface area contributed by atoms with Crippen LogP contribution >= 0.6 is 0 Å². The number of rotatable bonds is 20. The Morgan fingerprint density at radius 2 is 1.41 bits per heavy atom. The van der Waals surface area contributed by atoms with Crippen LogP contribution in [0.1, 0.15) is 83.9 Å². The Bertz CT molecular complexity index is 2690. The van der Waals surface area contributed by atoms with Gasteiger partial charge in [-0.25, -0.2) is 9.69 Å². The topological polar surface area (TPSA) is 234 Å². The molecule has 20 heteroatoms. The number of fused-ring (bicyclic) bond motifs is 4. The Morgan fingerprint density at radius 1 is 0.824 bits per heavy atom. The highest BCUT2D eigenvalue weighted by atomic mass is 16.6. The summed E-state index contributed by atoms with van der Waals surface area (Å²) in [4.78, 5) is 86.0. The Morgan fingerprint density at radius 3 is 2.00 bits per heavy atom. The first-order chi connectivity index (χ1) is 35.2. The molecule has 0 aromatic heterocycles. The van der Waals surface area contributed by atoms with Crippen molar-refractivity contribution in [3.05, 3.63) is 113 Å². The molecule has 4 aliphatic rings. The van der Waals surface area contributed by atoms with Crippen molar-refractivity contribution >= 4 is 54.0 Å². The maximum Gasteiger partial charge on any atom is 0.416 e. The minimum atomic E-state index is -1.51. The van der Waals surface area contributed by atoms with Crippen LogP contribution in [0.3, 0.4) is 0 Å². The van der Waals surface area contributed by atoms with E-state index in [0.717, 1.165) is 16.0 Å². The van der Waals surface area contributed by atoms with Crippen LogP contribution in [0, 0.1) is 18.8 Å². The van der Waals surface area contributed by atoms with Crippen LogP contribution in [0.2, 0.25) is 6.82 Å². The van der Waals surface area contributed by atoms with Gasteiger partial charge < -0.3 is 58.8 Å². The Balaban J connectivity index is 1.00. The number of nitrogens with zero attached hydrogens (tertiary/aromatic N) is 4. The van der Waals surface area contributed by atoms with Crippen LogP contribution in [0.5, 0.6) is 17.2 Å². The van der Waals surface area contributed by atoms with Gasteiger partial charge in [0.05, 0.1) is 67.6 Å². The second-order valence-corrected chi connectivity index (χ2v) is 19.6. The van der Waals surface area contributed by atoms with E-state index in [1.807, 2.05) is 13.8 Å². The summed E-state index contributed by atoms with van der Waals surface area (Å²) in [5, 5.41) is 36.8. The first kappa shape index (κ1) is 54.6. The third-order valence-electron chi connectivity index (χ3n) is 13.8. The maximum atomic E-state index is 14.2. The van der Waals surface area contributed by atoms with Gasteiger partial charge in [-0.05, 0) is 68.3 Å². The molecule has 74 heavy (non-hydrogen) atoms. The summed E-state index contributed by atoms with van der Waals surface area (Å²) in [6.45, 7) is 20.6. The fraction of sp³-hybridized carbons (Fsp3) is 0.444. The number of hydrogen-bond acceptors (Lipinski definition) is 15. The number of nitrogens with one attached hydrogen (secondary N) is 1. The molecule has 6 atom stereocenters. The van der Waals surface area contributed by atoms with Crippen LogP contribution in [-0.2, 0) is 36.9 Å². The number of carbonyl (C=O) groups excluding carboxylic acids is 6. The minimum Gasteiger partial charge on any atom is -0.493 e. The number of anilines is 2. The van der Waals surface area contributed by atoms with Crippen molar-refractivity contribution in [2.24, 2.45) is 11.8 Å². The second-order valence-electron chi connectivity index (χ2n) is 19.6. The fourth-order valence-corrected chi connectivity index (χ4v) is 9.79. The number of esters is 1. The number of ether oxygens (including phenoxy) is 5. The minimum absolute atomic E-state index is 0.00109. The smallest absolute Gasteiger partial charge is 0.416 e. The third-order valence-corrected chi connectivity index (χ3v) is 13.8. The molecule has 0 spiro atoms. The van der Waals surface area contributed by atoms with Crippen LogP contribution in [0.4, 0.5) is 16.2 Å². The number of benzene rings is 3. The molecule has 3 aromatic rings. The van der Waals surface area contributed by atoms with Crippen LogP contribution in [0.15, 0.2) is 85.5 Å². The summed E-state index contributed by atoms with van der Waals surface area (Å²) in [5.74, 6) is -1.94. The first-order valence-corrected chi connectivity index (χ1v) is 24.8. The van der Waals surface area contributed by atoms with Crippen molar-refractivity contribution in [1.82, 2.24) is 15.1 Å². The van der Waals surface area contributed by atoms with E-state index in [1.54, 1.807) is 55.1 Å². The summed E-state index contributed by atoms with van der Waals surface area (Å²) in [7, 11) is 0.288. The Labute approximate surface area is 431 Å². The van der Waals surface area contributed by atoms with Crippen molar-refractivity contribution in [2.75, 3.05) is 49.7 Å². The lowest BCUT2D eigenvalue weighted by Crippen LogP contribution is -2.53. The largest absolute Gasteiger partial charge is 0.493 e. The summed E-state index contributed by atoms with van der Waals surface area (Å²) in [6, 6.07) is 10.8. The molecule has 3 aromatic carbocycles. The molecule has 0 radical (unpaired) electrons. The van der Waals surface area contributed by atoms with E-state index in [0.29, 0.717) is 35.3 Å². The quantitative estimate of drug-likeness (QED) is 0.0498. The summed E-state index contributed by atoms with van der Waals surface area (Å²) < 4.78 is 28.8. The van der Waals surface area contributed by atoms with Crippen LogP contribution < -0.4 is 29.2 Å². The molecule has 7 rings (SSSR count). The summed E-state index contributed by atoms with van der Waals surface area (Å²) in [5.41, 5.74) is 4.09. The molecular weight excluding hydrogens is 953 g/mol. The van der Waals surface area contributed by atoms with Crippen molar-refractivity contribution in [3.8, 4) is 17.2 Å². The molecule has 1 unspecified atom stereocenters. The summed E-state index contributed by atoms with van der Waals surface area (Å²) >= 11 is 0. The molecule has 394 valence electrons. The zero-order valence-corrected chi connectivity index (χ0v) is 42.8. The number of aliphatic hydroxyl groups is 2. The van der Waals surface area contributed by atoms with E-state index in [2.05, 4.69) is 25.1 Å². The number of hydrogen-bond donors (Lipinski definition) is 4. The molecule has 0 aliphatic carbocycles. The molecule has 4 N–H and O–H groups in total. The molecule has 4 heterocycles. The number of aliphatic hydroxyl groups excluding tert-OH is 2. The Hall–Kier alpha value is -7.16. The second kappa shape index (κ2) is 23.4. The van der Waals surface area contributed by atoms with Crippen molar-refractivity contribution in [3.63, 3.8) is 0 Å². The number of ketones is 1. The van der Waals surface area contributed by atoms with Gasteiger partial charge in [-0.1, -0.05) is 75.1 Å². The van der Waals surface area contributed by atoms with Gasteiger partial charge in [-0.2, -0.15) is 0 Å². The lowest BCUT2D eigenvalue weighted by Gasteiger charge is -2.34. The van der Waals surface area contributed by atoms with Gasteiger partial charge in [-0.3, -0.25) is 24.0 Å². The van der Waals surface area contributed by atoms with E-state index in [4.69, 9.17) is 23.7 Å². The van der Waals surface area contributed by atoms with Gasteiger partial charge in [0.2, 0.25) is 5.91 Å². The van der Waals surface area contributed by atoms with Gasteiger partial charge in [-0.15, -0.1) is 0 Å². The highest BCUT2D eigenvalue weighted by Gasteiger charge is 2.47. The summed E-state index contributed by atoms with van der Waals surface area (Å²) in [6.07, 6.45) is -1.36. The van der Waals surface area contributed by atoms with E-state index >= 15 is 0 Å². The van der Waals surface area contributed by atoms with Gasteiger partial charge in [0.25, 0.3) is 11.8 Å². The molecule has 19 nitrogen and oxygen atoms in total. The fourth-order valence-electron chi connectivity index (χ4n) is 9.79. The zero-order valence-electron chi connectivity index (χ0n) is 42.8. The highest BCUT2D eigenvalue weighted by molar-refractivity contribution is 6.54. The SMILES string of the molecule is C=CCOC(=O)CC(C(=O)N[C@@H](C)C(=O)Cc1ccc(COC(=O)N2c3cc(OCCCOc4cc5c(cc4OC)C(=O)N4CC(=C)C[C@H]4[C@H](O)N5B(C)O)c(C)cc3C(=O)N3CC(=C)C[C@H]3[C@@H]2O)cc1)C(C)C. The Kier molecular flexibility index (Phi) is 17.2. The lowest BCUT2D eigenvalue weighted by molar-refractivity contribution is -0.146. The van der Waals surface area contributed by atoms with Gasteiger partial charge in [0.15, 0.2) is 23.5 Å². The predicted octanol–water partition coefficient (Wildman–Crippen LogP) is 5.12. The zero-order chi connectivity index (χ0) is 53.7. The number of Topliss-reactive ketones (excluding diaryl/α,β-unsaturated/α-hetero) is 1. The average Bonchev–Trinajstić information content (AvgIpc) is 3.93. The number of aryl methyl sites for hydroxylation is 1. The number of methoxy groups -OCH3 is 1. The van der Waals surface area contributed by atoms with Crippen LogP contribution in [-0.4, -0.2) is 138 Å². The molecule has 0 bridgehead atoms. The monoisotopic (exact) mass is 1020 g/mol. The van der Waals surface area contributed by atoms with Crippen molar-refractivity contribution < 1.29 is 67.7 Å². The van der Waals surface area contributed by atoms with Gasteiger partial charge in [0.1, 0.15) is 25.2 Å². The highest BCUT2D eigenvalue weighted by Crippen LogP contribution is 2.43. The predicted molar refractivity (Wildman–Crippen MR) is 275 cm³/mol. The standard InChI is InChI=1S/C54H66BN5O14/c1-10-16-73-48(62)24-37(30(2)3)49(63)56-34(7)44(61)22-35-12-14-36(15-13-35)29-74-54(68)59-40-25-45(33(6)21-38(40)50(64)57-27-31(4)19-42(57)52(59)66)71-17-11-18-72-47-26-41-39(23-46(47)70-9)51(65)58-28-32(5)20-43(58)53(67)60(41)55(8)69/h10,12-15,21,23,25-26,30,34,37,42-43,52-53,66-67,69H,1,4-5,11,16-20,22,24,27-29H2,2-3,6-9H3,(H,56,63)/t34-,37?,42-,43-,52-,53-/m0/s1.